The molecule has 0 saturated heterocycles. The summed E-state index contributed by atoms with van der Waals surface area (Å²) in [5, 5.41) is 11.8. The molecule has 0 aliphatic rings. The van der Waals surface area contributed by atoms with E-state index >= 15 is 0 Å². The molecule has 2 rings (SSSR count). The second kappa shape index (κ2) is 5.75. The van der Waals surface area contributed by atoms with Gasteiger partial charge >= 0.3 is 5.97 Å². The third kappa shape index (κ3) is 3.08. The van der Waals surface area contributed by atoms with E-state index in [1.165, 1.54) is 24.3 Å². The van der Waals surface area contributed by atoms with E-state index < -0.39 is 17.7 Å². The molecular weight excluding hydrogens is 273 g/mol. The highest BCUT2D eigenvalue weighted by atomic mass is 19.1. The molecule has 0 aromatic heterocycles. The van der Waals surface area contributed by atoms with Gasteiger partial charge in [0.2, 0.25) is 0 Å². The smallest absolute Gasteiger partial charge is 0.338 e. The molecule has 0 unspecified atom stereocenters. The minimum atomic E-state index is -1.11. The van der Waals surface area contributed by atoms with Crippen LogP contribution in [0.4, 0.5) is 10.1 Å². The summed E-state index contributed by atoms with van der Waals surface area (Å²) in [4.78, 5) is 23.5. The molecule has 1 amide bonds. The van der Waals surface area contributed by atoms with Gasteiger partial charge in [-0.25, -0.2) is 9.18 Å². The predicted molar refractivity (Wildman–Crippen MR) is 77.2 cm³/mol. The number of carboxylic acid groups (broad SMARTS) is 1. The molecule has 0 aliphatic carbocycles. The molecule has 0 atom stereocenters. The lowest BCUT2D eigenvalue weighted by Gasteiger charge is -2.11. The fraction of sp³-hybridized carbons (Fsp3) is 0.125. The standard InChI is InChI=1S/C16H14FNO3/c1-9-4-3-5-13(14(9)16(20)21)18-15(19)12-7-6-11(17)8-10(12)2/h3-8H,1-2H3,(H,18,19)(H,20,21). The topological polar surface area (TPSA) is 66.4 Å². The summed E-state index contributed by atoms with van der Waals surface area (Å²) in [5.41, 5.74) is 1.60. The van der Waals surface area contributed by atoms with Crippen molar-refractivity contribution in [2.75, 3.05) is 5.32 Å². The molecule has 0 radical (unpaired) electrons. The molecule has 0 bridgehead atoms. The van der Waals surface area contributed by atoms with Crippen LogP contribution in [0.15, 0.2) is 36.4 Å². The number of hydrogen-bond acceptors (Lipinski definition) is 2. The van der Waals surface area contributed by atoms with E-state index in [2.05, 4.69) is 5.32 Å². The first-order valence-electron chi connectivity index (χ1n) is 6.30. The van der Waals surface area contributed by atoms with Crippen molar-refractivity contribution in [3.63, 3.8) is 0 Å². The van der Waals surface area contributed by atoms with E-state index in [1.54, 1.807) is 26.0 Å². The number of amides is 1. The van der Waals surface area contributed by atoms with E-state index in [9.17, 15) is 19.1 Å². The number of benzene rings is 2. The third-order valence-electron chi connectivity index (χ3n) is 3.17. The molecule has 2 aromatic carbocycles. The summed E-state index contributed by atoms with van der Waals surface area (Å²) in [6.45, 7) is 3.27. The van der Waals surface area contributed by atoms with Gasteiger partial charge in [0.1, 0.15) is 5.82 Å². The largest absolute Gasteiger partial charge is 0.478 e. The number of carbonyl (C=O) groups excluding carboxylic acids is 1. The number of nitrogens with one attached hydrogen (secondary N) is 1. The number of hydrogen-bond donors (Lipinski definition) is 2. The monoisotopic (exact) mass is 287 g/mol. The molecule has 4 nitrogen and oxygen atoms in total. The molecule has 0 fully saturated rings. The number of carbonyl (C=O) groups is 2. The van der Waals surface area contributed by atoms with Crippen LogP contribution in [-0.4, -0.2) is 17.0 Å². The summed E-state index contributed by atoms with van der Waals surface area (Å²) in [6.07, 6.45) is 0. The zero-order valence-corrected chi connectivity index (χ0v) is 11.6. The normalized spacial score (nSPS) is 10.2. The van der Waals surface area contributed by atoms with Crippen LogP contribution in [0.5, 0.6) is 0 Å². The highest BCUT2D eigenvalue weighted by Crippen LogP contribution is 2.21. The molecule has 0 spiro atoms. The maximum Gasteiger partial charge on any atom is 0.338 e. The van der Waals surface area contributed by atoms with E-state index in [0.717, 1.165) is 0 Å². The molecule has 0 heterocycles. The molecule has 0 saturated carbocycles. The molecular formula is C16H14FNO3. The Morgan fingerprint density at radius 1 is 1.10 bits per heavy atom. The minimum absolute atomic E-state index is 0.0469. The zero-order chi connectivity index (χ0) is 15.6. The van der Waals surface area contributed by atoms with Crippen LogP contribution in [0.2, 0.25) is 0 Å². The molecule has 2 aromatic rings. The van der Waals surface area contributed by atoms with Crippen LogP contribution in [0, 0.1) is 19.7 Å². The Labute approximate surface area is 121 Å². The Kier molecular flexibility index (Phi) is 4.03. The minimum Gasteiger partial charge on any atom is -0.478 e. The summed E-state index contributed by atoms with van der Waals surface area (Å²) in [6, 6.07) is 8.65. The molecule has 108 valence electrons. The fourth-order valence-electron chi connectivity index (χ4n) is 2.13. The molecule has 0 aliphatic heterocycles. The van der Waals surface area contributed by atoms with Crippen molar-refractivity contribution >= 4 is 17.6 Å². The Morgan fingerprint density at radius 3 is 2.43 bits per heavy atom. The van der Waals surface area contributed by atoms with Gasteiger partial charge < -0.3 is 10.4 Å². The summed E-state index contributed by atoms with van der Waals surface area (Å²) in [5.74, 6) is -2.01. The van der Waals surface area contributed by atoms with E-state index in [4.69, 9.17) is 0 Å². The van der Waals surface area contributed by atoms with Crippen LogP contribution in [0.3, 0.4) is 0 Å². The maximum absolute atomic E-state index is 13.1. The Balaban J connectivity index is 2.36. The Hall–Kier alpha value is -2.69. The lowest BCUT2D eigenvalue weighted by Crippen LogP contribution is -2.16. The van der Waals surface area contributed by atoms with Crippen molar-refractivity contribution in [3.05, 3.63) is 64.5 Å². The number of aryl methyl sites for hydroxylation is 2. The van der Waals surface area contributed by atoms with Gasteiger partial charge in [0.15, 0.2) is 0 Å². The van der Waals surface area contributed by atoms with Crippen LogP contribution in [0.25, 0.3) is 0 Å². The maximum atomic E-state index is 13.1. The van der Waals surface area contributed by atoms with Crippen LogP contribution in [0.1, 0.15) is 31.8 Å². The number of carboxylic acids is 1. The lowest BCUT2D eigenvalue weighted by atomic mass is 10.0. The van der Waals surface area contributed by atoms with Gasteiger partial charge in [0, 0.05) is 5.56 Å². The summed E-state index contributed by atoms with van der Waals surface area (Å²) < 4.78 is 13.1. The first kappa shape index (κ1) is 14.7. The quantitative estimate of drug-likeness (QED) is 0.909. The first-order valence-corrected chi connectivity index (χ1v) is 6.30. The third-order valence-corrected chi connectivity index (χ3v) is 3.17. The van der Waals surface area contributed by atoms with Gasteiger partial charge in [-0.2, -0.15) is 0 Å². The number of aromatic carboxylic acids is 1. The predicted octanol–water partition coefficient (Wildman–Crippen LogP) is 3.39. The van der Waals surface area contributed by atoms with Crippen LogP contribution >= 0.6 is 0 Å². The van der Waals surface area contributed by atoms with Crippen LogP contribution < -0.4 is 5.32 Å². The van der Waals surface area contributed by atoms with E-state index in [-0.39, 0.29) is 11.3 Å². The average molecular weight is 287 g/mol. The number of rotatable bonds is 3. The number of anilines is 1. The molecule has 2 N–H and O–H groups in total. The van der Waals surface area contributed by atoms with Crippen molar-refractivity contribution in [1.82, 2.24) is 0 Å². The van der Waals surface area contributed by atoms with Crippen molar-refractivity contribution in [1.29, 1.82) is 0 Å². The van der Waals surface area contributed by atoms with Gasteiger partial charge in [0.05, 0.1) is 11.3 Å². The highest BCUT2D eigenvalue weighted by molar-refractivity contribution is 6.08. The Morgan fingerprint density at radius 2 is 1.81 bits per heavy atom. The van der Waals surface area contributed by atoms with Gasteiger partial charge in [0.25, 0.3) is 5.91 Å². The van der Waals surface area contributed by atoms with Gasteiger partial charge in [-0.15, -0.1) is 0 Å². The highest BCUT2D eigenvalue weighted by Gasteiger charge is 2.16. The lowest BCUT2D eigenvalue weighted by molar-refractivity contribution is 0.0697. The van der Waals surface area contributed by atoms with Crippen molar-refractivity contribution in [3.8, 4) is 0 Å². The Bertz CT molecular complexity index is 725. The van der Waals surface area contributed by atoms with Crippen molar-refractivity contribution in [2.45, 2.75) is 13.8 Å². The van der Waals surface area contributed by atoms with Gasteiger partial charge in [-0.3, -0.25) is 4.79 Å². The fourth-order valence-corrected chi connectivity index (χ4v) is 2.13. The second-order valence-corrected chi connectivity index (χ2v) is 4.72. The molecule has 21 heavy (non-hydrogen) atoms. The average Bonchev–Trinajstić information content (AvgIpc) is 2.37. The molecule has 5 heteroatoms. The van der Waals surface area contributed by atoms with Crippen molar-refractivity contribution < 1.29 is 19.1 Å². The van der Waals surface area contributed by atoms with Crippen molar-refractivity contribution in [2.24, 2.45) is 0 Å². The first-order chi connectivity index (χ1) is 9.90. The zero-order valence-electron chi connectivity index (χ0n) is 11.6. The van der Waals surface area contributed by atoms with Crippen LogP contribution in [-0.2, 0) is 0 Å². The van der Waals surface area contributed by atoms with E-state index in [0.29, 0.717) is 16.7 Å². The second-order valence-electron chi connectivity index (χ2n) is 4.72. The summed E-state index contributed by atoms with van der Waals surface area (Å²) in [7, 11) is 0. The number of halogens is 1. The SMILES string of the molecule is Cc1cc(F)ccc1C(=O)Nc1cccc(C)c1C(=O)O. The van der Waals surface area contributed by atoms with Gasteiger partial charge in [-0.1, -0.05) is 12.1 Å². The van der Waals surface area contributed by atoms with E-state index in [1.807, 2.05) is 0 Å². The van der Waals surface area contributed by atoms with Gasteiger partial charge in [-0.05, 0) is 49.2 Å². The summed E-state index contributed by atoms with van der Waals surface area (Å²) >= 11 is 0.